The van der Waals surface area contributed by atoms with Crippen molar-refractivity contribution in [2.45, 2.75) is 73.0 Å². The summed E-state index contributed by atoms with van der Waals surface area (Å²) < 4.78 is 0. The van der Waals surface area contributed by atoms with Gasteiger partial charge in [-0.3, -0.25) is 9.59 Å². The van der Waals surface area contributed by atoms with E-state index in [-0.39, 0.29) is 23.8 Å². The summed E-state index contributed by atoms with van der Waals surface area (Å²) in [7, 11) is 0. The highest BCUT2D eigenvalue weighted by Gasteiger charge is 2.28. The molecule has 0 saturated carbocycles. The van der Waals surface area contributed by atoms with E-state index in [9.17, 15) is 9.59 Å². The molecule has 0 saturated heterocycles. The van der Waals surface area contributed by atoms with Crippen LogP contribution in [0.3, 0.4) is 0 Å². The van der Waals surface area contributed by atoms with Crippen LogP contribution in [0.5, 0.6) is 0 Å². The Morgan fingerprint density at radius 3 is 2.14 bits per heavy atom. The summed E-state index contributed by atoms with van der Waals surface area (Å²) in [6.45, 7) is 14.1. The second-order valence-electron chi connectivity index (χ2n) is 9.03. The molecular weight excluding hydrogens is 360 g/mol. The van der Waals surface area contributed by atoms with Crippen molar-refractivity contribution in [3.63, 3.8) is 0 Å². The molecule has 0 aliphatic carbocycles. The van der Waals surface area contributed by atoms with Gasteiger partial charge in [0.1, 0.15) is 6.04 Å². The van der Waals surface area contributed by atoms with Crippen molar-refractivity contribution in [1.82, 2.24) is 10.2 Å². The quantitative estimate of drug-likeness (QED) is 0.785. The Hall–Kier alpha value is -2.62. The highest BCUT2D eigenvalue weighted by Crippen LogP contribution is 2.17. The van der Waals surface area contributed by atoms with Crippen LogP contribution in [0.4, 0.5) is 0 Å². The largest absolute Gasteiger partial charge is 0.350 e. The van der Waals surface area contributed by atoms with E-state index in [4.69, 9.17) is 0 Å². The van der Waals surface area contributed by atoms with Crippen molar-refractivity contribution in [3.8, 4) is 0 Å². The van der Waals surface area contributed by atoms with Gasteiger partial charge in [0.2, 0.25) is 11.8 Å². The number of benzene rings is 2. The minimum atomic E-state index is -0.562. The smallest absolute Gasteiger partial charge is 0.242 e. The number of carbonyl (C=O) groups excluding carboxylic acids is 2. The molecule has 0 fully saturated rings. The number of rotatable bonds is 6. The fourth-order valence-electron chi connectivity index (χ4n) is 3.20. The van der Waals surface area contributed by atoms with Gasteiger partial charge in [0, 0.05) is 12.1 Å². The third-order valence-electron chi connectivity index (χ3n) is 4.99. The van der Waals surface area contributed by atoms with Crippen LogP contribution in [0.2, 0.25) is 0 Å². The van der Waals surface area contributed by atoms with Crippen molar-refractivity contribution >= 4 is 11.8 Å². The molecule has 4 nitrogen and oxygen atoms in total. The van der Waals surface area contributed by atoms with Crippen LogP contribution in [-0.4, -0.2) is 28.3 Å². The third kappa shape index (κ3) is 6.74. The minimum absolute atomic E-state index is 0.0455. The zero-order chi connectivity index (χ0) is 21.8. The fourth-order valence-corrected chi connectivity index (χ4v) is 3.20. The zero-order valence-corrected chi connectivity index (χ0v) is 18.8. The molecule has 29 heavy (non-hydrogen) atoms. The second-order valence-corrected chi connectivity index (χ2v) is 9.03. The molecule has 2 aromatic rings. The number of amides is 2. The van der Waals surface area contributed by atoms with E-state index in [1.165, 1.54) is 5.56 Å². The van der Waals surface area contributed by atoms with Crippen LogP contribution in [0.25, 0.3) is 0 Å². The molecule has 1 N–H and O–H groups in total. The first-order valence-electron chi connectivity index (χ1n) is 10.2. The molecule has 1 atom stereocenters. The summed E-state index contributed by atoms with van der Waals surface area (Å²) in [5.74, 6) is -0.185. The van der Waals surface area contributed by atoms with Crippen molar-refractivity contribution < 1.29 is 9.59 Å². The Bertz CT molecular complexity index is 863. The molecule has 0 radical (unpaired) electrons. The molecule has 2 aromatic carbocycles. The predicted octanol–water partition coefficient (Wildman–Crippen LogP) is 4.49. The number of hydrogen-bond acceptors (Lipinski definition) is 2. The summed E-state index contributed by atoms with van der Waals surface area (Å²) in [5, 5.41) is 3.00. The summed E-state index contributed by atoms with van der Waals surface area (Å²) in [6, 6.07) is 13.7. The van der Waals surface area contributed by atoms with Crippen LogP contribution in [0.15, 0.2) is 42.5 Å². The van der Waals surface area contributed by atoms with E-state index < -0.39 is 6.04 Å². The van der Waals surface area contributed by atoms with Gasteiger partial charge in [0.05, 0.1) is 6.42 Å². The first-order valence-corrected chi connectivity index (χ1v) is 10.2. The number of carbonyl (C=O) groups is 2. The average Bonchev–Trinajstić information content (AvgIpc) is 2.62. The van der Waals surface area contributed by atoms with Gasteiger partial charge in [-0.15, -0.1) is 0 Å². The van der Waals surface area contributed by atoms with Crippen LogP contribution < -0.4 is 5.32 Å². The Balaban J connectivity index is 2.29. The van der Waals surface area contributed by atoms with Crippen LogP contribution >= 0.6 is 0 Å². The van der Waals surface area contributed by atoms with E-state index in [1.807, 2.05) is 77.9 Å². The molecular formula is C25H34N2O2. The lowest BCUT2D eigenvalue weighted by Crippen LogP contribution is -2.52. The van der Waals surface area contributed by atoms with E-state index in [0.29, 0.717) is 6.54 Å². The molecule has 0 bridgehead atoms. The monoisotopic (exact) mass is 394 g/mol. The van der Waals surface area contributed by atoms with Crippen LogP contribution in [0.1, 0.15) is 55.5 Å². The predicted molar refractivity (Wildman–Crippen MR) is 119 cm³/mol. The lowest BCUT2D eigenvalue weighted by molar-refractivity contribution is -0.140. The maximum atomic E-state index is 13.3. The van der Waals surface area contributed by atoms with Gasteiger partial charge in [-0.1, -0.05) is 53.6 Å². The topological polar surface area (TPSA) is 49.4 Å². The Morgan fingerprint density at radius 1 is 0.966 bits per heavy atom. The minimum Gasteiger partial charge on any atom is -0.350 e. The lowest BCUT2D eigenvalue weighted by atomic mass is 10.0. The maximum Gasteiger partial charge on any atom is 0.242 e. The van der Waals surface area contributed by atoms with E-state index in [1.54, 1.807) is 11.8 Å². The zero-order valence-electron chi connectivity index (χ0n) is 18.8. The molecule has 0 aromatic heterocycles. The molecule has 0 spiro atoms. The van der Waals surface area contributed by atoms with Crippen molar-refractivity contribution in [2.24, 2.45) is 0 Å². The lowest BCUT2D eigenvalue weighted by Gasteiger charge is -2.31. The molecule has 0 aliphatic heterocycles. The second kappa shape index (κ2) is 9.25. The number of nitrogens with one attached hydrogen (secondary N) is 1. The third-order valence-corrected chi connectivity index (χ3v) is 4.99. The highest BCUT2D eigenvalue weighted by atomic mass is 16.2. The molecule has 156 valence electrons. The van der Waals surface area contributed by atoms with Gasteiger partial charge >= 0.3 is 0 Å². The van der Waals surface area contributed by atoms with E-state index in [2.05, 4.69) is 11.4 Å². The SMILES string of the molecule is Cc1ccc(CN(C(=O)Cc2cc(C)ccc2C)C(C)C(=O)NC(C)(C)C)cc1. The average molecular weight is 395 g/mol. The van der Waals surface area contributed by atoms with Crippen LogP contribution in [-0.2, 0) is 22.6 Å². The molecule has 4 heteroatoms. The maximum absolute atomic E-state index is 13.3. The van der Waals surface area contributed by atoms with Gasteiger partial charge in [-0.05, 0) is 65.2 Å². The van der Waals surface area contributed by atoms with Gasteiger partial charge in [-0.25, -0.2) is 0 Å². The highest BCUT2D eigenvalue weighted by molar-refractivity contribution is 5.88. The number of aryl methyl sites for hydroxylation is 3. The standard InChI is InChI=1S/C25H34N2O2/c1-17-9-12-21(13-10-17)16-27(20(4)24(29)26-25(5,6)7)23(28)15-22-14-18(2)8-11-19(22)3/h8-14,20H,15-16H2,1-7H3,(H,26,29). The molecule has 0 aliphatic rings. The van der Waals surface area contributed by atoms with Gasteiger partial charge in [0.25, 0.3) is 0 Å². The summed E-state index contributed by atoms with van der Waals surface area (Å²) in [4.78, 5) is 27.8. The number of hydrogen-bond donors (Lipinski definition) is 1. The van der Waals surface area contributed by atoms with Gasteiger partial charge in [-0.2, -0.15) is 0 Å². The molecule has 2 rings (SSSR count). The molecule has 0 heterocycles. The van der Waals surface area contributed by atoms with Gasteiger partial charge in [0.15, 0.2) is 0 Å². The molecule has 2 amide bonds. The Kier molecular flexibility index (Phi) is 7.23. The van der Waals surface area contributed by atoms with Crippen LogP contribution in [0, 0.1) is 20.8 Å². The number of nitrogens with zero attached hydrogens (tertiary/aromatic N) is 1. The van der Waals surface area contributed by atoms with E-state index >= 15 is 0 Å². The first-order chi connectivity index (χ1) is 13.5. The first kappa shape index (κ1) is 22.7. The Labute approximate surface area is 175 Å². The fraction of sp³-hybridized carbons (Fsp3) is 0.440. The van der Waals surface area contributed by atoms with Crippen molar-refractivity contribution in [1.29, 1.82) is 0 Å². The van der Waals surface area contributed by atoms with E-state index in [0.717, 1.165) is 22.3 Å². The summed E-state index contributed by atoms with van der Waals surface area (Å²) in [6.07, 6.45) is 0.284. The van der Waals surface area contributed by atoms with Gasteiger partial charge < -0.3 is 10.2 Å². The Morgan fingerprint density at radius 2 is 1.55 bits per heavy atom. The normalized spacial score (nSPS) is 12.4. The van der Waals surface area contributed by atoms with Crippen molar-refractivity contribution in [2.75, 3.05) is 0 Å². The van der Waals surface area contributed by atoms with Crippen molar-refractivity contribution in [3.05, 3.63) is 70.3 Å². The molecule has 1 unspecified atom stereocenters. The summed E-state index contributed by atoms with van der Waals surface area (Å²) >= 11 is 0. The summed E-state index contributed by atoms with van der Waals surface area (Å²) in [5.41, 5.74) is 5.05.